The highest BCUT2D eigenvalue weighted by molar-refractivity contribution is 5.88. The summed E-state index contributed by atoms with van der Waals surface area (Å²) in [6.45, 7) is 2.79. The number of amides is 1. The van der Waals surface area contributed by atoms with Crippen LogP contribution in [0.15, 0.2) is 60.7 Å². The molecular formula is C20H25N3O. The molecule has 1 saturated heterocycles. The first kappa shape index (κ1) is 16.5. The van der Waals surface area contributed by atoms with Crippen LogP contribution in [0.3, 0.4) is 0 Å². The van der Waals surface area contributed by atoms with Crippen LogP contribution in [0.4, 0.5) is 5.69 Å². The van der Waals surface area contributed by atoms with Crippen LogP contribution < -0.4 is 11.1 Å². The van der Waals surface area contributed by atoms with Gasteiger partial charge in [-0.15, -0.1) is 0 Å². The van der Waals surface area contributed by atoms with Crippen LogP contribution in [0.2, 0.25) is 0 Å². The molecule has 0 unspecified atom stereocenters. The van der Waals surface area contributed by atoms with E-state index in [0.717, 1.165) is 44.6 Å². The predicted molar refractivity (Wildman–Crippen MR) is 97.8 cm³/mol. The SMILES string of the molecule is NC(=O)C1(Nc2ccccc2)CCN(CCc2ccccc2)CC1. The number of nitrogens with one attached hydrogen (secondary N) is 1. The third-order valence-electron chi connectivity index (χ3n) is 4.90. The van der Waals surface area contributed by atoms with E-state index >= 15 is 0 Å². The van der Waals surface area contributed by atoms with Crippen molar-refractivity contribution in [3.05, 3.63) is 66.2 Å². The van der Waals surface area contributed by atoms with E-state index in [1.54, 1.807) is 0 Å². The lowest BCUT2D eigenvalue weighted by atomic mass is 9.86. The Balaban J connectivity index is 1.57. The second-order valence-corrected chi connectivity index (χ2v) is 6.51. The summed E-state index contributed by atoms with van der Waals surface area (Å²) in [7, 11) is 0. The van der Waals surface area contributed by atoms with Crippen molar-refractivity contribution in [3.63, 3.8) is 0 Å². The number of nitrogens with two attached hydrogens (primary N) is 1. The summed E-state index contributed by atoms with van der Waals surface area (Å²) in [5.74, 6) is -0.255. The molecule has 1 aliphatic heterocycles. The lowest BCUT2D eigenvalue weighted by molar-refractivity contribution is -0.123. The van der Waals surface area contributed by atoms with Crippen LogP contribution in [-0.4, -0.2) is 36.0 Å². The van der Waals surface area contributed by atoms with E-state index in [4.69, 9.17) is 5.73 Å². The Kier molecular flexibility index (Phi) is 5.16. The molecule has 0 aliphatic carbocycles. The molecule has 24 heavy (non-hydrogen) atoms. The number of rotatable bonds is 6. The Morgan fingerprint density at radius 2 is 1.58 bits per heavy atom. The lowest BCUT2D eigenvalue weighted by Crippen LogP contribution is -2.57. The van der Waals surface area contributed by atoms with E-state index in [0.29, 0.717) is 0 Å². The first-order valence-electron chi connectivity index (χ1n) is 8.57. The number of para-hydroxylation sites is 1. The molecule has 4 heteroatoms. The van der Waals surface area contributed by atoms with Crippen molar-refractivity contribution in [1.29, 1.82) is 0 Å². The van der Waals surface area contributed by atoms with Crippen molar-refractivity contribution in [2.75, 3.05) is 25.0 Å². The third kappa shape index (κ3) is 3.95. The smallest absolute Gasteiger partial charge is 0.243 e. The Labute approximate surface area is 143 Å². The molecule has 0 radical (unpaired) electrons. The van der Waals surface area contributed by atoms with Gasteiger partial charge in [-0.25, -0.2) is 0 Å². The lowest BCUT2D eigenvalue weighted by Gasteiger charge is -2.40. The van der Waals surface area contributed by atoms with Crippen molar-refractivity contribution in [2.45, 2.75) is 24.8 Å². The van der Waals surface area contributed by atoms with E-state index in [-0.39, 0.29) is 5.91 Å². The summed E-state index contributed by atoms with van der Waals surface area (Å²) < 4.78 is 0. The second-order valence-electron chi connectivity index (χ2n) is 6.51. The normalized spacial score (nSPS) is 17.3. The maximum atomic E-state index is 12.1. The number of carbonyl (C=O) groups excluding carboxylic acids is 1. The molecular weight excluding hydrogens is 298 g/mol. The molecule has 0 atom stereocenters. The van der Waals surface area contributed by atoms with Crippen molar-refractivity contribution in [2.24, 2.45) is 5.73 Å². The van der Waals surface area contributed by atoms with Gasteiger partial charge in [0.2, 0.25) is 5.91 Å². The first-order chi connectivity index (χ1) is 11.7. The molecule has 4 nitrogen and oxygen atoms in total. The molecule has 126 valence electrons. The van der Waals surface area contributed by atoms with Gasteiger partial charge in [0.15, 0.2) is 0 Å². The number of hydrogen-bond acceptors (Lipinski definition) is 3. The maximum Gasteiger partial charge on any atom is 0.243 e. The average molecular weight is 323 g/mol. The third-order valence-corrected chi connectivity index (χ3v) is 4.90. The molecule has 2 aromatic rings. The number of carbonyl (C=O) groups is 1. The summed E-state index contributed by atoms with van der Waals surface area (Å²) in [6, 6.07) is 20.4. The van der Waals surface area contributed by atoms with Crippen LogP contribution in [0.25, 0.3) is 0 Å². The highest BCUT2D eigenvalue weighted by Gasteiger charge is 2.39. The number of piperidine rings is 1. The Morgan fingerprint density at radius 1 is 1.00 bits per heavy atom. The standard InChI is InChI=1S/C20H25N3O/c21-19(24)20(22-18-9-5-2-6-10-18)12-15-23(16-13-20)14-11-17-7-3-1-4-8-17/h1-10,22H,11-16H2,(H2,21,24). The van der Waals surface area contributed by atoms with E-state index in [1.165, 1.54) is 5.56 Å². The van der Waals surface area contributed by atoms with Gasteiger partial charge in [-0.2, -0.15) is 0 Å². The maximum absolute atomic E-state index is 12.1. The van der Waals surface area contributed by atoms with Gasteiger partial charge in [0.25, 0.3) is 0 Å². The molecule has 1 heterocycles. The largest absolute Gasteiger partial charge is 0.371 e. The van der Waals surface area contributed by atoms with Crippen molar-refractivity contribution >= 4 is 11.6 Å². The van der Waals surface area contributed by atoms with Gasteiger partial charge in [0, 0.05) is 25.3 Å². The summed E-state index contributed by atoms with van der Waals surface area (Å²) in [4.78, 5) is 14.5. The zero-order valence-electron chi connectivity index (χ0n) is 13.9. The highest BCUT2D eigenvalue weighted by Crippen LogP contribution is 2.27. The van der Waals surface area contributed by atoms with Crippen LogP contribution in [0.1, 0.15) is 18.4 Å². The molecule has 3 rings (SSSR count). The summed E-state index contributed by atoms with van der Waals surface area (Å²) in [6.07, 6.45) is 2.52. The topological polar surface area (TPSA) is 58.4 Å². The monoisotopic (exact) mass is 323 g/mol. The molecule has 0 spiro atoms. The number of primary amides is 1. The fourth-order valence-electron chi connectivity index (χ4n) is 3.32. The first-order valence-corrected chi connectivity index (χ1v) is 8.57. The van der Waals surface area contributed by atoms with E-state index < -0.39 is 5.54 Å². The highest BCUT2D eigenvalue weighted by atomic mass is 16.1. The summed E-state index contributed by atoms with van der Waals surface area (Å²) in [5, 5.41) is 3.39. The Morgan fingerprint density at radius 3 is 2.17 bits per heavy atom. The second kappa shape index (κ2) is 7.49. The zero-order valence-corrected chi connectivity index (χ0v) is 13.9. The molecule has 0 bridgehead atoms. The average Bonchev–Trinajstić information content (AvgIpc) is 2.63. The molecule has 1 amide bonds. The minimum atomic E-state index is -0.634. The molecule has 0 saturated carbocycles. The van der Waals surface area contributed by atoms with Gasteiger partial charge in [0.1, 0.15) is 5.54 Å². The number of anilines is 1. The fraction of sp³-hybridized carbons (Fsp3) is 0.350. The minimum absolute atomic E-state index is 0.255. The quantitative estimate of drug-likeness (QED) is 0.859. The molecule has 1 aliphatic rings. The van der Waals surface area contributed by atoms with Crippen LogP contribution in [0.5, 0.6) is 0 Å². The molecule has 1 fully saturated rings. The van der Waals surface area contributed by atoms with Gasteiger partial charge in [0.05, 0.1) is 0 Å². The van der Waals surface area contributed by atoms with Crippen LogP contribution >= 0.6 is 0 Å². The number of likely N-dealkylation sites (tertiary alicyclic amines) is 1. The van der Waals surface area contributed by atoms with Gasteiger partial charge < -0.3 is 16.0 Å². The number of hydrogen-bond donors (Lipinski definition) is 2. The van der Waals surface area contributed by atoms with Crippen molar-refractivity contribution in [3.8, 4) is 0 Å². The van der Waals surface area contributed by atoms with E-state index in [1.807, 2.05) is 36.4 Å². The van der Waals surface area contributed by atoms with Gasteiger partial charge in [-0.05, 0) is 37.0 Å². The molecule has 3 N–H and O–H groups in total. The predicted octanol–water partition coefficient (Wildman–Crippen LogP) is 2.66. The Bertz CT molecular complexity index is 649. The Hall–Kier alpha value is -2.33. The van der Waals surface area contributed by atoms with Gasteiger partial charge in [-0.3, -0.25) is 4.79 Å². The van der Waals surface area contributed by atoms with Crippen LogP contribution in [-0.2, 0) is 11.2 Å². The zero-order chi connectivity index (χ0) is 16.8. The van der Waals surface area contributed by atoms with Gasteiger partial charge in [-0.1, -0.05) is 48.5 Å². The fourth-order valence-corrected chi connectivity index (χ4v) is 3.32. The number of benzene rings is 2. The summed E-state index contributed by atoms with van der Waals surface area (Å²) >= 11 is 0. The van der Waals surface area contributed by atoms with E-state index in [2.05, 4.69) is 34.5 Å². The van der Waals surface area contributed by atoms with E-state index in [9.17, 15) is 4.79 Å². The van der Waals surface area contributed by atoms with Crippen molar-refractivity contribution in [1.82, 2.24) is 4.90 Å². The summed E-state index contributed by atoms with van der Waals surface area (Å²) in [5.41, 5.74) is 7.41. The van der Waals surface area contributed by atoms with Crippen LogP contribution in [0, 0.1) is 0 Å². The van der Waals surface area contributed by atoms with Gasteiger partial charge >= 0.3 is 0 Å². The minimum Gasteiger partial charge on any atom is -0.371 e. The van der Waals surface area contributed by atoms with Crippen molar-refractivity contribution < 1.29 is 4.79 Å². The number of nitrogens with zero attached hydrogens (tertiary/aromatic N) is 1. The molecule has 0 aromatic heterocycles. The molecule has 2 aromatic carbocycles.